The molecule has 0 aliphatic carbocycles. The van der Waals surface area contributed by atoms with E-state index in [1.807, 2.05) is 50.2 Å². The van der Waals surface area contributed by atoms with Crippen LogP contribution in [0.25, 0.3) is 0 Å². The van der Waals surface area contributed by atoms with Gasteiger partial charge < -0.3 is 14.9 Å². The van der Waals surface area contributed by atoms with Crippen LogP contribution in [-0.2, 0) is 0 Å². The van der Waals surface area contributed by atoms with E-state index in [1.165, 1.54) is 5.56 Å². The minimum atomic E-state index is -0.230. The Morgan fingerprint density at radius 2 is 1.82 bits per heavy atom. The van der Waals surface area contributed by atoms with Crippen LogP contribution in [-0.4, -0.2) is 6.54 Å². The fourth-order valence-corrected chi connectivity index (χ4v) is 1.63. The fraction of sp³-hybridized carbons (Fsp3) is 0.286. The highest BCUT2D eigenvalue weighted by Gasteiger charge is 2.15. The third-order valence-corrected chi connectivity index (χ3v) is 2.59. The molecule has 1 aromatic heterocycles. The van der Waals surface area contributed by atoms with Crippen LogP contribution in [0.15, 0.2) is 40.8 Å². The molecule has 1 atom stereocenters. The van der Waals surface area contributed by atoms with Gasteiger partial charge in [-0.2, -0.15) is 0 Å². The maximum Gasteiger partial charge on any atom is 0.168 e. The topological polar surface area (TPSA) is 48.4 Å². The fourth-order valence-electron chi connectivity index (χ4n) is 1.63. The number of aryl methyl sites for hydroxylation is 2. The number of hydrogen-bond acceptors (Lipinski definition) is 3. The molecule has 0 fully saturated rings. The van der Waals surface area contributed by atoms with Gasteiger partial charge in [-0.1, -0.05) is 17.7 Å². The van der Waals surface area contributed by atoms with Crippen LogP contribution in [0.2, 0.25) is 0 Å². The molecule has 1 aromatic carbocycles. The highest BCUT2D eigenvalue weighted by atomic mass is 16.5. The first-order chi connectivity index (χ1) is 8.19. The van der Waals surface area contributed by atoms with Crippen molar-refractivity contribution in [2.45, 2.75) is 20.0 Å². The van der Waals surface area contributed by atoms with E-state index in [-0.39, 0.29) is 6.10 Å². The monoisotopic (exact) mass is 231 g/mol. The van der Waals surface area contributed by atoms with Crippen molar-refractivity contribution in [2.75, 3.05) is 6.54 Å². The molecule has 2 N–H and O–H groups in total. The third kappa shape index (κ3) is 2.88. The summed E-state index contributed by atoms with van der Waals surface area (Å²) >= 11 is 0. The second-order valence-electron chi connectivity index (χ2n) is 4.10. The highest BCUT2D eigenvalue weighted by molar-refractivity contribution is 5.27. The maximum atomic E-state index is 5.80. The van der Waals surface area contributed by atoms with E-state index in [1.54, 1.807) is 0 Å². The van der Waals surface area contributed by atoms with Gasteiger partial charge in [0.15, 0.2) is 6.10 Å². The number of furan rings is 1. The van der Waals surface area contributed by atoms with Gasteiger partial charge in [0.1, 0.15) is 17.3 Å². The summed E-state index contributed by atoms with van der Waals surface area (Å²) in [6.07, 6.45) is -0.230. The van der Waals surface area contributed by atoms with Gasteiger partial charge in [0.2, 0.25) is 0 Å². The van der Waals surface area contributed by atoms with E-state index in [0.717, 1.165) is 17.3 Å². The average Bonchev–Trinajstić information content (AvgIpc) is 2.75. The molecule has 3 heteroatoms. The van der Waals surface area contributed by atoms with Crippen LogP contribution in [0.1, 0.15) is 23.2 Å². The Morgan fingerprint density at radius 3 is 2.35 bits per heavy atom. The summed E-state index contributed by atoms with van der Waals surface area (Å²) in [5.74, 6) is 2.44. The molecule has 0 amide bonds. The molecule has 0 saturated carbocycles. The average molecular weight is 231 g/mol. The van der Waals surface area contributed by atoms with Crippen molar-refractivity contribution in [1.82, 2.24) is 0 Å². The second-order valence-corrected chi connectivity index (χ2v) is 4.10. The Labute approximate surface area is 101 Å². The predicted molar refractivity (Wildman–Crippen MR) is 67.0 cm³/mol. The van der Waals surface area contributed by atoms with Gasteiger partial charge in [-0.3, -0.25) is 0 Å². The molecule has 0 saturated heterocycles. The molecule has 2 rings (SSSR count). The van der Waals surface area contributed by atoms with Gasteiger partial charge in [-0.15, -0.1) is 0 Å². The largest absolute Gasteiger partial charge is 0.481 e. The van der Waals surface area contributed by atoms with Crippen molar-refractivity contribution in [3.05, 3.63) is 53.5 Å². The Bertz CT molecular complexity index is 473. The van der Waals surface area contributed by atoms with Crippen LogP contribution in [0, 0.1) is 13.8 Å². The van der Waals surface area contributed by atoms with Gasteiger partial charge >= 0.3 is 0 Å². The smallest absolute Gasteiger partial charge is 0.168 e. The SMILES string of the molecule is Cc1ccc(OC(CN)c2ccc(C)o2)cc1. The molecule has 90 valence electrons. The van der Waals surface area contributed by atoms with Gasteiger partial charge in [0.25, 0.3) is 0 Å². The predicted octanol–water partition coefficient (Wildman–Crippen LogP) is 2.98. The van der Waals surface area contributed by atoms with Crippen LogP contribution in [0.4, 0.5) is 0 Å². The normalized spacial score (nSPS) is 12.4. The minimum absolute atomic E-state index is 0.230. The quantitative estimate of drug-likeness (QED) is 0.880. The van der Waals surface area contributed by atoms with Gasteiger partial charge in [-0.05, 0) is 38.1 Å². The standard InChI is InChI=1S/C14H17NO2/c1-10-3-6-12(7-4-10)17-14(9-15)13-8-5-11(2)16-13/h3-8,14H,9,15H2,1-2H3. The number of nitrogens with two attached hydrogens (primary N) is 1. The first-order valence-electron chi connectivity index (χ1n) is 5.69. The van der Waals surface area contributed by atoms with Gasteiger partial charge in [0.05, 0.1) is 0 Å². The summed E-state index contributed by atoms with van der Waals surface area (Å²) in [4.78, 5) is 0. The zero-order valence-electron chi connectivity index (χ0n) is 10.1. The Hall–Kier alpha value is -1.74. The molecule has 2 aromatic rings. The lowest BCUT2D eigenvalue weighted by molar-refractivity contribution is 0.182. The number of ether oxygens (including phenoxy) is 1. The third-order valence-electron chi connectivity index (χ3n) is 2.59. The van der Waals surface area contributed by atoms with Crippen molar-refractivity contribution in [1.29, 1.82) is 0 Å². The zero-order valence-corrected chi connectivity index (χ0v) is 10.1. The van der Waals surface area contributed by atoms with Crippen molar-refractivity contribution >= 4 is 0 Å². The summed E-state index contributed by atoms with van der Waals surface area (Å²) in [6.45, 7) is 4.34. The van der Waals surface area contributed by atoms with E-state index in [4.69, 9.17) is 14.9 Å². The lowest BCUT2D eigenvalue weighted by atomic mass is 10.2. The molecular formula is C14H17NO2. The summed E-state index contributed by atoms with van der Waals surface area (Å²) in [5.41, 5.74) is 6.91. The maximum absolute atomic E-state index is 5.80. The van der Waals surface area contributed by atoms with Crippen molar-refractivity contribution in [3.63, 3.8) is 0 Å². The molecule has 0 radical (unpaired) electrons. The second kappa shape index (κ2) is 5.06. The molecule has 0 aliphatic rings. The lowest BCUT2D eigenvalue weighted by Gasteiger charge is -2.15. The van der Waals surface area contributed by atoms with Gasteiger partial charge in [0, 0.05) is 6.54 Å². The van der Waals surface area contributed by atoms with Crippen LogP contribution in [0.5, 0.6) is 5.75 Å². The molecule has 0 bridgehead atoms. The summed E-state index contributed by atoms with van der Waals surface area (Å²) in [7, 11) is 0. The van der Waals surface area contributed by atoms with Crippen LogP contribution in [0.3, 0.4) is 0 Å². The number of hydrogen-bond donors (Lipinski definition) is 1. The van der Waals surface area contributed by atoms with Crippen LogP contribution < -0.4 is 10.5 Å². The van der Waals surface area contributed by atoms with E-state index in [2.05, 4.69) is 0 Å². The van der Waals surface area contributed by atoms with Crippen LogP contribution >= 0.6 is 0 Å². The van der Waals surface area contributed by atoms with E-state index >= 15 is 0 Å². The zero-order chi connectivity index (χ0) is 12.3. The highest BCUT2D eigenvalue weighted by Crippen LogP contribution is 2.23. The Morgan fingerprint density at radius 1 is 1.12 bits per heavy atom. The van der Waals surface area contributed by atoms with Gasteiger partial charge in [-0.25, -0.2) is 0 Å². The van der Waals surface area contributed by atoms with Crippen molar-refractivity contribution < 1.29 is 9.15 Å². The number of rotatable bonds is 4. The first-order valence-corrected chi connectivity index (χ1v) is 5.69. The molecule has 3 nitrogen and oxygen atoms in total. The molecule has 1 unspecified atom stereocenters. The molecular weight excluding hydrogens is 214 g/mol. The number of benzene rings is 1. The Balaban J connectivity index is 2.12. The van der Waals surface area contributed by atoms with E-state index in [0.29, 0.717) is 6.54 Å². The minimum Gasteiger partial charge on any atom is -0.481 e. The lowest BCUT2D eigenvalue weighted by Crippen LogP contribution is -2.17. The van der Waals surface area contributed by atoms with Crippen molar-refractivity contribution in [2.24, 2.45) is 5.73 Å². The molecule has 0 aliphatic heterocycles. The molecule has 0 spiro atoms. The van der Waals surface area contributed by atoms with E-state index < -0.39 is 0 Å². The van der Waals surface area contributed by atoms with Crippen molar-refractivity contribution in [3.8, 4) is 5.75 Å². The Kier molecular flexibility index (Phi) is 3.49. The summed E-state index contributed by atoms with van der Waals surface area (Å²) in [5, 5.41) is 0. The first kappa shape index (κ1) is 11.7. The van der Waals surface area contributed by atoms with E-state index in [9.17, 15) is 0 Å². The molecule has 17 heavy (non-hydrogen) atoms. The summed E-state index contributed by atoms with van der Waals surface area (Å²) in [6, 6.07) is 11.7. The molecule has 1 heterocycles. The summed E-state index contributed by atoms with van der Waals surface area (Å²) < 4.78 is 11.3.